The highest BCUT2D eigenvalue weighted by atomic mass is 16.5. The van der Waals surface area contributed by atoms with E-state index in [0.717, 1.165) is 59.2 Å². The second kappa shape index (κ2) is 7.24. The van der Waals surface area contributed by atoms with E-state index < -0.39 is 0 Å². The van der Waals surface area contributed by atoms with Gasteiger partial charge in [-0.25, -0.2) is 0 Å². The highest BCUT2D eigenvalue weighted by Gasteiger charge is 2.29. The molecule has 0 spiro atoms. The average Bonchev–Trinajstić information content (AvgIpc) is 3.10. The molecule has 3 aromatic rings. The second-order valence-electron chi connectivity index (χ2n) is 7.67. The zero-order chi connectivity index (χ0) is 19.8. The van der Waals surface area contributed by atoms with E-state index in [1.807, 2.05) is 48.5 Å². The SMILES string of the molecule is O=C1Nc2ccc(N3CCC(C(=O)OCc4ccccc4)CC3)c3cccc1c23. The first-order valence-corrected chi connectivity index (χ1v) is 10.0. The largest absolute Gasteiger partial charge is 0.461 e. The summed E-state index contributed by atoms with van der Waals surface area (Å²) < 4.78 is 5.53. The number of carbonyl (C=O) groups is 2. The first-order chi connectivity index (χ1) is 14.2. The van der Waals surface area contributed by atoms with Gasteiger partial charge in [-0.1, -0.05) is 42.5 Å². The molecule has 0 aromatic heterocycles. The summed E-state index contributed by atoms with van der Waals surface area (Å²) in [7, 11) is 0. The normalized spacial score (nSPS) is 16.1. The fraction of sp³-hybridized carbons (Fsp3) is 0.250. The average molecular weight is 386 g/mol. The summed E-state index contributed by atoms with van der Waals surface area (Å²) in [5.41, 5.74) is 3.75. The summed E-state index contributed by atoms with van der Waals surface area (Å²) in [6.07, 6.45) is 1.54. The molecule has 0 radical (unpaired) electrons. The Labute approximate surface area is 169 Å². The van der Waals surface area contributed by atoms with Gasteiger partial charge in [0.15, 0.2) is 0 Å². The van der Waals surface area contributed by atoms with Crippen molar-refractivity contribution in [2.45, 2.75) is 19.4 Å². The smallest absolute Gasteiger partial charge is 0.309 e. The molecule has 1 N–H and O–H groups in total. The second-order valence-corrected chi connectivity index (χ2v) is 7.67. The van der Waals surface area contributed by atoms with Gasteiger partial charge in [0, 0.05) is 40.8 Å². The van der Waals surface area contributed by atoms with Gasteiger partial charge in [0.2, 0.25) is 0 Å². The van der Waals surface area contributed by atoms with E-state index in [1.165, 1.54) is 0 Å². The maximum atomic E-state index is 12.5. The number of ether oxygens (including phenoxy) is 1. The highest BCUT2D eigenvalue weighted by molar-refractivity contribution is 6.25. The Hall–Kier alpha value is -3.34. The lowest BCUT2D eigenvalue weighted by atomic mass is 9.95. The van der Waals surface area contributed by atoms with Gasteiger partial charge in [-0.2, -0.15) is 0 Å². The van der Waals surface area contributed by atoms with Crippen LogP contribution in [0.15, 0.2) is 60.7 Å². The minimum atomic E-state index is -0.108. The molecule has 5 heteroatoms. The van der Waals surface area contributed by atoms with E-state index in [-0.39, 0.29) is 17.8 Å². The Bertz CT molecular complexity index is 1090. The van der Waals surface area contributed by atoms with E-state index >= 15 is 0 Å². The molecule has 0 atom stereocenters. The van der Waals surface area contributed by atoms with Crippen molar-refractivity contribution in [2.24, 2.45) is 5.92 Å². The fourth-order valence-corrected chi connectivity index (χ4v) is 4.35. The van der Waals surface area contributed by atoms with Crippen molar-refractivity contribution in [1.82, 2.24) is 0 Å². The zero-order valence-electron chi connectivity index (χ0n) is 16.1. The molecule has 2 heterocycles. The van der Waals surface area contributed by atoms with Crippen LogP contribution in [0.1, 0.15) is 28.8 Å². The Morgan fingerprint density at radius 3 is 2.59 bits per heavy atom. The van der Waals surface area contributed by atoms with Gasteiger partial charge in [-0.15, -0.1) is 0 Å². The highest BCUT2D eigenvalue weighted by Crippen LogP contribution is 2.39. The van der Waals surface area contributed by atoms with E-state index in [0.29, 0.717) is 6.61 Å². The molecule has 0 bridgehead atoms. The van der Waals surface area contributed by atoms with Crippen LogP contribution in [-0.2, 0) is 16.1 Å². The predicted octanol–water partition coefficient (Wildman–Crippen LogP) is 4.37. The molecule has 1 amide bonds. The number of nitrogens with one attached hydrogen (secondary N) is 1. The number of rotatable bonds is 4. The van der Waals surface area contributed by atoms with Crippen LogP contribution >= 0.6 is 0 Å². The van der Waals surface area contributed by atoms with E-state index in [1.54, 1.807) is 0 Å². The van der Waals surface area contributed by atoms with E-state index in [2.05, 4.69) is 22.3 Å². The molecule has 5 nitrogen and oxygen atoms in total. The molecule has 2 aliphatic heterocycles. The fourth-order valence-electron chi connectivity index (χ4n) is 4.35. The van der Waals surface area contributed by atoms with Crippen LogP contribution in [0, 0.1) is 5.92 Å². The summed E-state index contributed by atoms with van der Waals surface area (Å²) in [5, 5.41) is 5.02. The number of amides is 1. The number of benzene rings is 3. The lowest BCUT2D eigenvalue weighted by molar-refractivity contribution is -0.150. The lowest BCUT2D eigenvalue weighted by Crippen LogP contribution is -2.37. The summed E-state index contributed by atoms with van der Waals surface area (Å²) in [6.45, 7) is 1.92. The Kier molecular flexibility index (Phi) is 4.43. The van der Waals surface area contributed by atoms with E-state index in [9.17, 15) is 9.59 Å². The molecular formula is C24H22N2O3. The van der Waals surface area contributed by atoms with Gasteiger partial charge in [0.25, 0.3) is 5.91 Å². The first kappa shape index (κ1) is 17.7. The van der Waals surface area contributed by atoms with Gasteiger partial charge in [0.1, 0.15) is 6.61 Å². The molecule has 146 valence electrons. The quantitative estimate of drug-likeness (QED) is 0.677. The lowest BCUT2D eigenvalue weighted by Gasteiger charge is -2.33. The summed E-state index contributed by atoms with van der Waals surface area (Å²) >= 11 is 0. The van der Waals surface area contributed by atoms with Crippen LogP contribution in [0.2, 0.25) is 0 Å². The third-order valence-corrected chi connectivity index (χ3v) is 5.90. The van der Waals surface area contributed by atoms with Crippen molar-refractivity contribution in [3.63, 3.8) is 0 Å². The monoisotopic (exact) mass is 386 g/mol. The maximum absolute atomic E-state index is 12.5. The molecule has 29 heavy (non-hydrogen) atoms. The zero-order valence-corrected chi connectivity index (χ0v) is 16.1. The molecule has 0 saturated carbocycles. The Morgan fingerprint density at radius 1 is 1.00 bits per heavy atom. The minimum absolute atomic E-state index is 0.0392. The van der Waals surface area contributed by atoms with Crippen LogP contribution in [0.3, 0.4) is 0 Å². The van der Waals surface area contributed by atoms with Crippen molar-refractivity contribution >= 4 is 34.0 Å². The van der Waals surface area contributed by atoms with Gasteiger partial charge in [-0.3, -0.25) is 9.59 Å². The summed E-state index contributed by atoms with van der Waals surface area (Å²) in [4.78, 5) is 26.9. The van der Waals surface area contributed by atoms with Crippen LogP contribution in [0.25, 0.3) is 10.8 Å². The van der Waals surface area contributed by atoms with Crippen LogP contribution < -0.4 is 10.2 Å². The molecule has 0 unspecified atom stereocenters. The van der Waals surface area contributed by atoms with Crippen molar-refractivity contribution in [3.8, 4) is 0 Å². The Morgan fingerprint density at radius 2 is 1.79 bits per heavy atom. The topological polar surface area (TPSA) is 58.6 Å². The molecule has 3 aromatic carbocycles. The third kappa shape index (κ3) is 3.23. The first-order valence-electron chi connectivity index (χ1n) is 10.0. The number of nitrogens with zero attached hydrogens (tertiary/aromatic N) is 1. The summed E-state index contributed by atoms with van der Waals surface area (Å²) in [5.74, 6) is -0.207. The van der Waals surface area contributed by atoms with Gasteiger partial charge in [-0.05, 0) is 36.6 Å². The third-order valence-electron chi connectivity index (χ3n) is 5.90. The number of anilines is 2. The van der Waals surface area contributed by atoms with Gasteiger partial charge >= 0.3 is 5.97 Å². The Balaban J connectivity index is 1.27. The molecule has 1 fully saturated rings. The number of hydrogen-bond acceptors (Lipinski definition) is 4. The molecular weight excluding hydrogens is 364 g/mol. The number of carbonyl (C=O) groups excluding carboxylic acids is 2. The molecule has 0 aliphatic carbocycles. The number of esters is 1. The predicted molar refractivity (Wildman–Crippen MR) is 113 cm³/mol. The van der Waals surface area contributed by atoms with Crippen molar-refractivity contribution in [2.75, 3.05) is 23.3 Å². The summed E-state index contributed by atoms with van der Waals surface area (Å²) in [6, 6.07) is 19.7. The maximum Gasteiger partial charge on any atom is 0.309 e. The number of piperidine rings is 1. The van der Waals surface area contributed by atoms with Gasteiger partial charge in [0.05, 0.1) is 5.92 Å². The van der Waals surface area contributed by atoms with Crippen molar-refractivity contribution in [3.05, 3.63) is 71.8 Å². The van der Waals surface area contributed by atoms with Crippen LogP contribution in [0.4, 0.5) is 11.4 Å². The van der Waals surface area contributed by atoms with Gasteiger partial charge < -0.3 is 15.0 Å². The van der Waals surface area contributed by atoms with Crippen molar-refractivity contribution < 1.29 is 14.3 Å². The van der Waals surface area contributed by atoms with E-state index in [4.69, 9.17) is 4.74 Å². The van der Waals surface area contributed by atoms with Crippen LogP contribution in [0.5, 0.6) is 0 Å². The number of hydrogen-bond donors (Lipinski definition) is 1. The van der Waals surface area contributed by atoms with Crippen molar-refractivity contribution in [1.29, 1.82) is 0 Å². The molecule has 2 aliphatic rings. The minimum Gasteiger partial charge on any atom is -0.461 e. The molecule has 5 rings (SSSR count). The van der Waals surface area contributed by atoms with Crippen LogP contribution in [-0.4, -0.2) is 25.0 Å². The molecule has 1 saturated heterocycles. The standard InChI is InChI=1S/C24H22N2O3/c27-23-19-8-4-7-18-21(10-9-20(25-23)22(18)19)26-13-11-17(12-14-26)24(28)29-15-16-5-2-1-3-6-16/h1-10,17H,11-15H2,(H,25,27).